The predicted molar refractivity (Wildman–Crippen MR) is 95.1 cm³/mol. The van der Waals surface area contributed by atoms with Gasteiger partial charge in [0.2, 0.25) is 5.91 Å². The van der Waals surface area contributed by atoms with Gasteiger partial charge in [-0.3, -0.25) is 4.79 Å². The predicted octanol–water partition coefficient (Wildman–Crippen LogP) is 2.45. The number of β-lactam (4-membered cyclic amide) rings is 1. The van der Waals surface area contributed by atoms with E-state index in [4.69, 9.17) is 4.74 Å². The highest BCUT2D eigenvalue weighted by Gasteiger charge is 2.49. The minimum absolute atomic E-state index is 0.0657. The van der Waals surface area contributed by atoms with Gasteiger partial charge >= 0.3 is 0 Å². The van der Waals surface area contributed by atoms with Crippen molar-refractivity contribution in [3.63, 3.8) is 0 Å². The molecule has 0 bridgehead atoms. The van der Waals surface area contributed by atoms with E-state index in [0.717, 1.165) is 11.4 Å². The lowest BCUT2D eigenvalue weighted by Crippen LogP contribution is -2.65. The van der Waals surface area contributed by atoms with Crippen LogP contribution in [-0.2, 0) is 4.79 Å². The highest BCUT2D eigenvalue weighted by Crippen LogP contribution is 2.35. The van der Waals surface area contributed by atoms with E-state index in [1.165, 1.54) is 0 Å². The fourth-order valence-corrected chi connectivity index (χ4v) is 3.11. The molecule has 5 heteroatoms. The number of carbonyl (C=O) groups excluding carboxylic acids is 1. The smallest absolute Gasteiger partial charge is 0.236 e. The van der Waals surface area contributed by atoms with Crippen molar-refractivity contribution < 1.29 is 14.6 Å². The van der Waals surface area contributed by atoms with E-state index < -0.39 is 26.1 Å². The van der Waals surface area contributed by atoms with Crippen molar-refractivity contribution in [1.29, 1.82) is 0 Å². The molecule has 1 aromatic rings. The molecule has 0 saturated carbocycles. The van der Waals surface area contributed by atoms with Gasteiger partial charge in [0.15, 0.2) is 0 Å². The van der Waals surface area contributed by atoms with Crippen LogP contribution in [0.4, 0.5) is 5.69 Å². The van der Waals surface area contributed by atoms with Crippen molar-refractivity contribution in [2.45, 2.75) is 31.8 Å². The van der Waals surface area contributed by atoms with Gasteiger partial charge in [-0.15, -0.1) is 12.1 Å². The second kappa shape index (κ2) is 6.61. The van der Waals surface area contributed by atoms with Crippen LogP contribution in [0.1, 0.15) is 0 Å². The van der Waals surface area contributed by atoms with Crippen molar-refractivity contribution in [2.24, 2.45) is 5.92 Å². The molecule has 0 radical (unpaired) electrons. The lowest BCUT2D eigenvalue weighted by Gasteiger charge is -2.47. The molecular formula is C18H23NO3Si. The molecule has 0 spiro atoms. The molecule has 3 atom stereocenters. The van der Waals surface area contributed by atoms with Crippen molar-refractivity contribution in [2.75, 3.05) is 12.0 Å². The summed E-state index contributed by atoms with van der Waals surface area (Å²) in [6.07, 6.45) is 0.705. The molecule has 1 aliphatic rings. The average molecular weight is 329 g/mol. The minimum atomic E-state index is -1.58. The molecule has 1 aliphatic heterocycles. The molecule has 1 amide bonds. The Bertz CT molecular complexity index is 652. The Morgan fingerprint density at radius 3 is 2.43 bits per heavy atom. The van der Waals surface area contributed by atoms with Crippen LogP contribution >= 0.6 is 0 Å². The van der Waals surface area contributed by atoms with Gasteiger partial charge in [-0.2, -0.15) is 0 Å². The zero-order valence-corrected chi connectivity index (χ0v) is 15.0. The van der Waals surface area contributed by atoms with Gasteiger partial charge < -0.3 is 14.7 Å². The number of rotatable bonds is 4. The van der Waals surface area contributed by atoms with Gasteiger partial charge in [0.05, 0.1) is 19.1 Å². The molecule has 122 valence electrons. The molecular weight excluding hydrogens is 306 g/mol. The summed E-state index contributed by atoms with van der Waals surface area (Å²) >= 11 is 0. The number of benzene rings is 1. The maximum Gasteiger partial charge on any atom is 0.236 e. The zero-order valence-electron chi connectivity index (χ0n) is 14.0. The Morgan fingerprint density at radius 1 is 1.35 bits per heavy atom. The molecule has 1 unspecified atom stereocenters. The maximum atomic E-state index is 12.3. The average Bonchev–Trinajstić information content (AvgIpc) is 2.50. The fraction of sp³-hybridized carbons (Fsp3) is 0.389. The first-order chi connectivity index (χ1) is 10.8. The second-order valence-electron chi connectivity index (χ2n) is 6.62. The summed E-state index contributed by atoms with van der Waals surface area (Å²) in [4.78, 5) is 13.9. The molecule has 1 aromatic carbocycles. The lowest BCUT2D eigenvalue weighted by molar-refractivity contribution is -0.129. The Morgan fingerprint density at radius 2 is 1.96 bits per heavy atom. The first-order valence-electron chi connectivity index (χ1n) is 7.59. The van der Waals surface area contributed by atoms with Gasteiger partial charge in [0, 0.05) is 5.69 Å². The topological polar surface area (TPSA) is 49.8 Å². The number of hydrogen-bond donors (Lipinski definition) is 1. The maximum absolute atomic E-state index is 12.3. The van der Waals surface area contributed by atoms with E-state index in [0.29, 0.717) is 0 Å². The summed E-state index contributed by atoms with van der Waals surface area (Å²) in [6, 6.07) is 6.81. The monoisotopic (exact) mass is 329 g/mol. The summed E-state index contributed by atoms with van der Waals surface area (Å²) in [6.45, 7) is 10.1. The Hall–Kier alpha value is -2.03. The molecule has 2 rings (SSSR count). The third-order valence-corrected chi connectivity index (χ3v) is 4.61. The van der Waals surface area contributed by atoms with Crippen molar-refractivity contribution >= 4 is 19.7 Å². The summed E-state index contributed by atoms with van der Waals surface area (Å²) in [7, 11) is 0.00899. The van der Waals surface area contributed by atoms with E-state index >= 15 is 0 Å². The minimum Gasteiger partial charge on any atom is -0.497 e. The number of aliphatic hydroxyl groups is 1. The molecule has 1 fully saturated rings. The number of methoxy groups -OCH3 is 1. The Kier molecular flexibility index (Phi) is 4.98. The van der Waals surface area contributed by atoms with Crippen molar-refractivity contribution in [3.8, 4) is 17.2 Å². The highest BCUT2D eigenvalue weighted by molar-refractivity contribution is 6.83. The van der Waals surface area contributed by atoms with E-state index in [1.807, 2.05) is 12.1 Å². The van der Waals surface area contributed by atoms with Gasteiger partial charge in [-0.25, -0.2) is 0 Å². The van der Waals surface area contributed by atoms with Crippen LogP contribution in [0.2, 0.25) is 19.6 Å². The summed E-state index contributed by atoms with van der Waals surface area (Å²) in [5.74, 6) is 3.19. The molecule has 1 N–H and O–H groups in total. The van der Waals surface area contributed by atoms with Crippen LogP contribution in [0.3, 0.4) is 0 Å². The molecule has 4 nitrogen and oxygen atoms in total. The Labute approximate surface area is 138 Å². The highest BCUT2D eigenvalue weighted by atomic mass is 28.3. The third kappa shape index (κ3) is 3.66. The standard InChI is InChI=1S/C18H23NO3Si/c1-6-15-17(16(20)11-12-23(3,4)5)19(18(15)21)13-7-9-14(22-2)10-8-13/h6-10,15-17,20H,1H2,2-5H3/t15-,16?,17-/m0/s1. The Balaban J connectivity index is 2.27. The van der Waals surface area contributed by atoms with Crippen LogP contribution in [0.5, 0.6) is 5.75 Å². The summed E-state index contributed by atoms with van der Waals surface area (Å²) in [5, 5.41) is 10.5. The molecule has 0 aliphatic carbocycles. The number of ether oxygens (including phenoxy) is 1. The van der Waals surface area contributed by atoms with E-state index in [2.05, 4.69) is 37.7 Å². The van der Waals surface area contributed by atoms with E-state index in [1.54, 1.807) is 30.2 Å². The second-order valence-corrected chi connectivity index (χ2v) is 11.4. The molecule has 0 aromatic heterocycles. The number of anilines is 1. The quantitative estimate of drug-likeness (QED) is 0.399. The normalized spacial score (nSPS) is 21.8. The van der Waals surface area contributed by atoms with E-state index in [-0.39, 0.29) is 5.91 Å². The van der Waals surface area contributed by atoms with Gasteiger partial charge in [0.25, 0.3) is 0 Å². The zero-order chi connectivity index (χ0) is 17.2. The number of nitrogens with zero attached hydrogens (tertiary/aromatic N) is 1. The molecule has 1 heterocycles. The van der Waals surface area contributed by atoms with Gasteiger partial charge in [-0.05, 0) is 24.3 Å². The van der Waals surface area contributed by atoms with Crippen molar-refractivity contribution in [3.05, 3.63) is 36.9 Å². The third-order valence-electron chi connectivity index (χ3n) is 3.71. The number of carbonyl (C=O) groups is 1. The number of amides is 1. The number of aliphatic hydroxyl groups excluding tert-OH is 1. The SMILES string of the molecule is C=C[C@@H]1C(=O)N(c2ccc(OC)cc2)[C@@H]1C(O)C#C[Si](C)(C)C. The first-order valence-corrected chi connectivity index (χ1v) is 11.1. The van der Waals surface area contributed by atoms with Crippen LogP contribution in [0.15, 0.2) is 36.9 Å². The molecule has 1 saturated heterocycles. The van der Waals surface area contributed by atoms with Crippen LogP contribution in [0.25, 0.3) is 0 Å². The van der Waals surface area contributed by atoms with Gasteiger partial charge in [-0.1, -0.05) is 31.6 Å². The van der Waals surface area contributed by atoms with E-state index in [9.17, 15) is 9.90 Å². The number of hydrogen-bond acceptors (Lipinski definition) is 3. The fourth-order valence-electron chi connectivity index (χ4n) is 2.53. The van der Waals surface area contributed by atoms with Crippen LogP contribution in [0, 0.1) is 17.4 Å². The first kappa shape index (κ1) is 17.3. The van der Waals surface area contributed by atoms with Crippen LogP contribution < -0.4 is 9.64 Å². The largest absolute Gasteiger partial charge is 0.497 e. The summed E-state index contributed by atoms with van der Waals surface area (Å²) in [5.41, 5.74) is 3.90. The molecule has 23 heavy (non-hydrogen) atoms. The van der Waals surface area contributed by atoms with Gasteiger partial charge in [0.1, 0.15) is 19.9 Å². The summed E-state index contributed by atoms with van der Waals surface area (Å²) < 4.78 is 5.13. The van der Waals surface area contributed by atoms with Crippen molar-refractivity contribution in [1.82, 2.24) is 0 Å². The van der Waals surface area contributed by atoms with Crippen LogP contribution in [-0.4, -0.2) is 38.3 Å². The lowest BCUT2D eigenvalue weighted by atomic mass is 9.83.